The molecule has 1 aliphatic rings. The van der Waals surface area contributed by atoms with Gasteiger partial charge in [-0.05, 0) is 35.9 Å². The van der Waals surface area contributed by atoms with Gasteiger partial charge in [0.1, 0.15) is 0 Å². The summed E-state index contributed by atoms with van der Waals surface area (Å²) in [6, 6.07) is 10.2. The van der Waals surface area contributed by atoms with E-state index >= 15 is 0 Å². The van der Waals surface area contributed by atoms with Crippen LogP contribution in [0.1, 0.15) is 12.1 Å². The van der Waals surface area contributed by atoms with Crippen molar-refractivity contribution in [3.63, 3.8) is 0 Å². The molecule has 1 aromatic carbocycles. The fraction of sp³-hybridized carbons (Fsp3) is 0.278. The van der Waals surface area contributed by atoms with Crippen LogP contribution in [0.4, 0.5) is 5.82 Å². The summed E-state index contributed by atoms with van der Waals surface area (Å²) in [5.74, 6) is 2.60. The van der Waals surface area contributed by atoms with Gasteiger partial charge >= 0.3 is 0 Å². The van der Waals surface area contributed by atoms with Crippen molar-refractivity contribution in [1.82, 2.24) is 10.2 Å². The fourth-order valence-electron chi connectivity index (χ4n) is 2.98. The van der Waals surface area contributed by atoms with Crippen LogP contribution < -0.4 is 11.1 Å². The largest absolute Gasteiger partial charge is 0.369 e. The number of nitrogens with zero attached hydrogens (tertiary/aromatic N) is 2. The first-order chi connectivity index (χ1) is 12.6. The van der Waals surface area contributed by atoms with Gasteiger partial charge in [-0.25, -0.2) is 0 Å². The van der Waals surface area contributed by atoms with E-state index in [4.69, 9.17) is 17.3 Å². The molecule has 8 heteroatoms. The summed E-state index contributed by atoms with van der Waals surface area (Å²) in [4.78, 5) is 12.5. The van der Waals surface area contributed by atoms with Gasteiger partial charge in [0.2, 0.25) is 5.91 Å². The van der Waals surface area contributed by atoms with Crippen molar-refractivity contribution in [3.05, 3.63) is 41.0 Å². The number of nitrogens with one attached hydrogen (secondary N) is 1. The Balaban J connectivity index is 1.79. The van der Waals surface area contributed by atoms with E-state index in [1.807, 2.05) is 36.0 Å². The van der Waals surface area contributed by atoms with Gasteiger partial charge < -0.3 is 11.1 Å². The molecule has 3 heterocycles. The highest BCUT2D eigenvalue weighted by molar-refractivity contribution is 7.99. The van der Waals surface area contributed by atoms with E-state index in [2.05, 4.69) is 21.6 Å². The van der Waals surface area contributed by atoms with Crippen LogP contribution in [0.2, 0.25) is 5.02 Å². The SMILES string of the molecule is NC(=O)Cc1nnc(NC2CCSC2)c2cc(-c3ccc(Cl)cc3)sc12. The maximum absolute atomic E-state index is 11.4. The predicted molar refractivity (Wildman–Crippen MR) is 110 cm³/mol. The van der Waals surface area contributed by atoms with E-state index in [-0.39, 0.29) is 6.42 Å². The number of halogens is 1. The van der Waals surface area contributed by atoms with E-state index in [0.29, 0.717) is 16.8 Å². The van der Waals surface area contributed by atoms with Crippen LogP contribution in [-0.4, -0.2) is 33.7 Å². The summed E-state index contributed by atoms with van der Waals surface area (Å²) < 4.78 is 0.955. The molecular weight excluding hydrogens is 388 g/mol. The van der Waals surface area contributed by atoms with Gasteiger partial charge in [-0.2, -0.15) is 16.9 Å². The maximum Gasteiger partial charge on any atom is 0.223 e. The second-order valence-corrected chi connectivity index (χ2v) is 8.84. The molecule has 0 bridgehead atoms. The normalized spacial score (nSPS) is 16.9. The van der Waals surface area contributed by atoms with Crippen LogP contribution in [0.5, 0.6) is 0 Å². The number of anilines is 1. The number of hydrogen-bond acceptors (Lipinski definition) is 6. The maximum atomic E-state index is 11.4. The summed E-state index contributed by atoms with van der Waals surface area (Å²) in [7, 11) is 0. The summed E-state index contributed by atoms with van der Waals surface area (Å²) in [6.07, 6.45) is 1.20. The zero-order valence-corrected chi connectivity index (χ0v) is 16.3. The molecule has 26 heavy (non-hydrogen) atoms. The number of carbonyl (C=O) groups is 1. The number of thioether (sulfide) groups is 1. The third kappa shape index (κ3) is 3.65. The molecule has 1 amide bonds. The minimum Gasteiger partial charge on any atom is -0.369 e. The zero-order valence-electron chi connectivity index (χ0n) is 13.9. The molecular formula is C18H17ClN4OS2. The molecule has 0 spiro atoms. The van der Waals surface area contributed by atoms with Crippen molar-refractivity contribution in [3.8, 4) is 10.4 Å². The van der Waals surface area contributed by atoms with Crippen molar-refractivity contribution in [2.75, 3.05) is 16.8 Å². The first-order valence-corrected chi connectivity index (χ1v) is 10.6. The zero-order chi connectivity index (χ0) is 18.1. The fourth-order valence-corrected chi connectivity index (χ4v) is 5.40. The van der Waals surface area contributed by atoms with Gasteiger partial charge in [0.05, 0.1) is 16.8 Å². The smallest absolute Gasteiger partial charge is 0.223 e. The van der Waals surface area contributed by atoms with E-state index in [1.165, 1.54) is 0 Å². The number of amides is 1. The summed E-state index contributed by atoms with van der Waals surface area (Å²) in [5.41, 5.74) is 7.09. The number of aromatic nitrogens is 2. The van der Waals surface area contributed by atoms with Crippen LogP contribution in [0.15, 0.2) is 30.3 Å². The molecule has 1 fully saturated rings. The molecule has 4 rings (SSSR count). The highest BCUT2D eigenvalue weighted by Crippen LogP contribution is 2.38. The molecule has 134 valence electrons. The molecule has 1 atom stereocenters. The number of thiophene rings is 1. The summed E-state index contributed by atoms with van der Waals surface area (Å²) >= 11 is 9.54. The molecule has 2 aromatic heterocycles. The molecule has 3 N–H and O–H groups in total. The monoisotopic (exact) mass is 404 g/mol. The lowest BCUT2D eigenvalue weighted by Gasteiger charge is -2.12. The second-order valence-electron chi connectivity index (χ2n) is 6.20. The van der Waals surface area contributed by atoms with Gasteiger partial charge in [-0.1, -0.05) is 23.7 Å². The molecule has 3 aromatic rings. The van der Waals surface area contributed by atoms with Crippen molar-refractivity contribution >= 4 is 56.5 Å². The number of rotatable bonds is 5. The average Bonchev–Trinajstić information content (AvgIpc) is 3.27. The Morgan fingerprint density at radius 1 is 1.31 bits per heavy atom. The Morgan fingerprint density at radius 2 is 2.12 bits per heavy atom. The lowest BCUT2D eigenvalue weighted by molar-refractivity contribution is -0.117. The molecule has 0 aliphatic carbocycles. The van der Waals surface area contributed by atoms with Gasteiger partial charge in [-0.15, -0.1) is 16.4 Å². The molecule has 0 radical (unpaired) electrons. The van der Waals surface area contributed by atoms with Gasteiger partial charge in [0, 0.05) is 27.1 Å². The lowest BCUT2D eigenvalue weighted by atomic mass is 10.1. The summed E-state index contributed by atoms with van der Waals surface area (Å²) in [5, 5.41) is 13.8. The minimum absolute atomic E-state index is 0.0869. The molecule has 5 nitrogen and oxygen atoms in total. The van der Waals surface area contributed by atoms with Gasteiger partial charge in [0.25, 0.3) is 0 Å². The van der Waals surface area contributed by atoms with E-state index in [0.717, 1.165) is 44.3 Å². The molecule has 1 unspecified atom stereocenters. The number of hydrogen-bond donors (Lipinski definition) is 2. The van der Waals surface area contributed by atoms with Crippen LogP contribution in [-0.2, 0) is 11.2 Å². The third-order valence-electron chi connectivity index (χ3n) is 4.26. The Kier molecular flexibility index (Phi) is 5.02. The van der Waals surface area contributed by atoms with E-state index in [9.17, 15) is 4.79 Å². The number of nitrogens with two attached hydrogens (primary N) is 1. The number of benzene rings is 1. The first-order valence-electron chi connectivity index (χ1n) is 8.28. The highest BCUT2D eigenvalue weighted by Gasteiger charge is 2.20. The first kappa shape index (κ1) is 17.6. The Morgan fingerprint density at radius 3 is 2.81 bits per heavy atom. The topological polar surface area (TPSA) is 80.9 Å². The van der Waals surface area contributed by atoms with Gasteiger partial charge in [0.15, 0.2) is 5.82 Å². The lowest BCUT2D eigenvalue weighted by Crippen LogP contribution is -2.20. The number of fused-ring (bicyclic) bond motifs is 1. The molecule has 1 saturated heterocycles. The Labute approximate surface area is 164 Å². The molecule has 0 saturated carbocycles. The van der Waals surface area contributed by atoms with Crippen LogP contribution in [0.25, 0.3) is 20.5 Å². The Hall–Kier alpha value is -1.83. The predicted octanol–water partition coefficient (Wildman–Crippen LogP) is 3.96. The van der Waals surface area contributed by atoms with E-state index < -0.39 is 5.91 Å². The van der Waals surface area contributed by atoms with Crippen molar-refractivity contribution in [2.45, 2.75) is 18.9 Å². The molecule has 1 aliphatic heterocycles. The average molecular weight is 405 g/mol. The standard InChI is InChI=1S/C18H17ClN4OS2/c19-11-3-1-10(2-4-11)15-7-13-17(26-15)14(8-16(20)24)22-23-18(13)21-12-5-6-25-9-12/h1-4,7,12H,5-6,8-9H2,(H2,20,24)(H,21,23). The third-order valence-corrected chi connectivity index (χ3v) is 6.91. The van der Waals surface area contributed by atoms with Gasteiger partial charge in [-0.3, -0.25) is 4.79 Å². The van der Waals surface area contributed by atoms with Crippen LogP contribution in [0, 0.1) is 0 Å². The minimum atomic E-state index is -0.407. The number of primary amides is 1. The highest BCUT2D eigenvalue weighted by atomic mass is 35.5. The number of carbonyl (C=O) groups excluding carboxylic acids is 1. The van der Waals surface area contributed by atoms with Crippen molar-refractivity contribution in [2.24, 2.45) is 5.73 Å². The van der Waals surface area contributed by atoms with Crippen LogP contribution in [0.3, 0.4) is 0 Å². The van der Waals surface area contributed by atoms with Crippen LogP contribution >= 0.6 is 34.7 Å². The van der Waals surface area contributed by atoms with Crippen molar-refractivity contribution in [1.29, 1.82) is 0 Å². The summed E-state index contributed by atoms with van der Waals surface area (Å²) in [6.45, 7) is 0. The Bertz CT molecular complexity index is 952. The second kappa shape index (κ2) is 7.42. The van der Waals surface area contributed by atoms with E-state index in [1.54, 1.807) is 11.3 Å². The quantitative estimate of drug-likeness (QED) is 0.672. The van der Waals surface area contributed by atoms with Crippen molar-refractivity contribution < 1.29 is 4.79 Å².